The number of nitrogens with zero attached hydrogens (tertiary/aromatic N) is 3. The first-order valence-corrected chi connectivity index (χ1v) is 8.20. The molecule has 1 atom stereocenters. The lowest BCUT2D eigenvalue weighted by molar-refractivity contribution is -0.141. The Kier molecular flexibility index (Phi) is 4.51. The van der Waals surface area contributed by atoms with Crippen molar-refractivity contribution in [2.24, 2.45) is 0 Å². The number of hydrogen-bond acceptors (Lipinski definition) is 3. The molecule has 6 nitrogen and oxygen atoms in total. The number of benzene rings is 1. The van der Waals surface area contributed by atoms with Crippen molar-refractivity contribution in [3.05, 3.63) is 46.2 Å². The minimum Gasteiger partial charge on any atom is -0.480 e. The van der Waals surface area contributed by atoms with E-state index >= 15 is 0 Å². The third kappa shape index (κ3) is 3.25. The van der Waals surface area contributed by atoms with Crippen molar-refractivity contribution in [3.63, 3.8) is 0 Å². The van der Waals surface area contributed by atoms with Crippen LogP contribution in [0.1, 0.15) is 30.3 Å². The summed E-state index contributed by atoms with van der Waals surface area (Å²) in [7, 11) is 0. The van der Waals surface area contributed by atoms with Gasteiger partial charge in [0.05, 0.1) is 15.7 Å². The van der Waals surface area contributed by atoms with Gasteiger partial charge in [-0.05, 0) is 44.0 Å². The molecular formula is C16H15Cl2N3O3. The van der Waals surface area contributed by atoms with Gasteiger partial charge in [0.15, 0.2) is 5.69 Å². The monoisotopic (exact) mass is 367 g/mol. The maximum atomic E-state index is 12.7. The predicted octanol–water partition coefficient (Wildman–Crippen LogP) is 3.26. The van der Waals surface area contributed by atoms with Gasteiger partial charge in [0.25, 0.3) is 5.91 Å². The van der Waals surface area contributed by atoms with Crippen molar-refractivity contribution in [3.8, 4) is 5.69 Å². The Morgan fingerprint density at radius 1 is 1.29 bits per heavy atom. The molecule has 0 spiro atoms. The lowest BCUT2D eigenvalue weighted by atomic mass is 10.2. The van der Waals surface area contributed by atoms with Crippen LogP contribution in [-0.4, -0.2) is 43.7 Å². The average Bonchev–Trinajstić information content (AvgIpc) is 3.24. The van der Waals surface area contributed by atoms with E-state index in [2.05, 4.69) is 5.10 Å². The fourth-order valence-corrected chi connectivity index (χ4v) is 2.76. The summed E-state index contributed by atoms with van der Waals surface area (Å²) < 4.78 is 1.51. The van der Waals surface area contributed by atoms with Crippen LogP contribution >= 0.6 is 23.2 Å². The lowest BCUT2D eigenvalue weighted by Crippen LogP contribution is -2.44. The summed E-state index contributed by atoms with van der Waals surface area (Å²) in [6, 6.07) is 5.66. The number of amides is 1. The Morgan fingerprint density at radius 3 is 2.58 bits per heavy atom. The molecule has 2 aromatic rings. The highest BCUT2D eigenvalue weighted by molar-refractivity contribution is 6.42. The van der Waals surface area contributed by atoms with E-state index in [1.54, 1.807) is 30.5 Å². The number of carboxylic acid groups (broad SMARTS) is 1. The number of halogens is 2. The second-order valence-corrected chi connectivity index (χ2v) is 6.52. The first kappa shape index (κ1) is 16.8. The number of carbonyl (C=O) groups excluding carboxylic acids is 1. The zero-order valence-corrected chi connectivity index (χ0v) is 14.3. The average molecular weight is 368 g/mol. The summed E-state index contributed by atoms with van der Waals surface area (Å²) in [5, 5.41) is 14.3. The fraction of sp³-hybridized carbons (Fsp3) is 0.312. The molecule has 1 fully saturated rings. The van der Waals surface area contributed by atoms with Gasteiger partial charge in [0, 0.05) is 12.2 Å². The summed E-state index contributed by atoms with van der Waals surface area (Å²) in [4.78, 5) is 25.3. The van der Waals surface area contributed by atoms with E-state index < -0.39 is 12.0 Å². The molecule has 1 unspecified atom stereocenters. The van der Waals surface area contributed by atoms with Gasteiger partial charge >= 0.3 is 5.97 Å². The van der Waals surface area contributed by atoms with Crippen molar-refractivity contribution in [1.29, 1.82) is 0 Å². The van der Waals surface area contributed by atoms with Gasteiger partial charge in [-0.3, -0.25) is 4.79 Å². The highest BCUT2D eigenvalue weighted by Crippen LogP contribution is 2.30. The van der Waals surface area contributed by atoms with Crippen LogP contribution in [0, 0.1) is 0 Å². The summed E-state index contributed by atoms with van der Waals surface area (Å²) in [6.45, 7) is 1.51. The molecule has 0 radical (unpaired) electrons. The standard InChI is InChI=1S/C16H15Cl2N3O3/c1-9(16(23)24)21(10-2-3-10)15(22)14-6-7-20(19-14)11-4-5-12(17)13(18)8-11/h4-10H,2-3H2,1H3,(H,23,24). The molecule has 1 heterocycles. The highest BCUT2D eigenvalue weighted by Gasteiger charge is 2.39. The quantitative estimate of drug-likeness (QED) is 0.879. The SMILES string of the molecule is CC(C(=O)O)N(C(=O)c1ccn(-c2ccc(Cl)c(Cl)c2)n1)C1CC1. The van der Waals surface area contributed by atoms with Gasteiger partial charge < -0.3 is 10.0 Å². The van der Waals surface area contributed by atoms with Crippen LogP contribution in [0.3, 0.4) is 0 Å². The second-order valence-electron chi connectivity index (χ2n) is 5.70. The predicted molar refractivity (Wildman–Crippen MR) is 89.9 cm³/mol. The Hall–Kier alpha value is -2.05. The van der Waals surface area contributed by atoms with Gasteiger partial charge in [0.1, 0.15) is 6.04 Å². The molecule has 0 aliphatic heterocycles. The number of hydrogen-bond donors (Lipinski definition) is 1. The van der Waals surface area contributed by atoms with Crippen LogP contribution in [0.5, 0.6) is 0 Å². The van der Waals surface area contributed by atoms with Gasteiger partial charge in [-0.15, -0.1) is 0 Å². The van der Waals surface area contributed by atoms with Crippen LogP contribution in [-0.2, 0) is 4.79 Å². The minimum absolute atomic E-state index is 0.0290. The number of rotatable bonds is 5. The molecule has 1 aliphatic rings. The molecule has 1 saturated carbocycles. The zero-order valence-electron chi connectivity index (χ0n) is 12.8. The van der Waals surface area contributed by atoms with Crippen molar-refractivity contribution in [2.75, 3.05) is 0 Å². The highest BCUT2D eigenvalue weighted by atomic mass is 35.5. The van der Waals surface area contributed by atoms with E-state index in [4.69, 9.17) is 23.2 Å². The topological polar surface area (TPSA) is 75.4 Å². The van der Waals surface area contributed by atoms with E-state index in [1.165, 1.54) is 16.5 Å². The first-order valence-electron chi connectivity index (χ1n) is 7.45. The van der Waals surface area contributed by atoms with Gasteiger partial charge in [-0.1, -0.05) is 23.2 Å². The number of carbonyl (C=O) groups is 2. The molecule has 1 amide bonds. The molecule has 8 heteroatoms. The van der Waals surface area contributed by atoms with E-state index in [1.807, 2.05) is 0 Å². The molecule has 3 rings (SSSR count). The van der Waals surface area contributed by atoms with Gasteiger partial charge in [0.2, 0.25) is 0 Å². The molecule has 24 heavy (non-hydrogen) atoms. The molecule has 0 bridgehead atoms. The largest absolute Gasteiger partial charge is 0.480 e. The van der Waals surface area contributed by atoms with Crippen LogP contribution in [0.15, 0.2) is 30.5 Å². The zero-order chi connectivity index (χ0) is 17.4. The third-order valence-corrected chi connectivity index (χ3v) is 4.66. The van der Waals surface area contributed by atoms with E-state index in [0.717, 1.165) is 12.8 Å². The van der Waals surface area contributed by atoms with Gasteiger partial charge in [-0.2, -0.15) is 5.10 Å². The Morgan fingerprint density at radius 2 is 2.00 bits per heavy atom. The molecular weight excluding hydrogens is 353 g/mol. The number of aromatic nitrogens is 2. The van der Waals surface area contributed by atoms with Crippen LogP contribution < -0.4 is 0 Å². The van der Waals surface area contributed by atoms with E-state index in [0.29, 0.717) is 15.7 Å². The van der Waals surface area contributed by atoms with E-state index in [-0.39, 0.29) is 17.6 Å². The molecule has 1 N–H and O–H groups in total. The number of aliphatic carboxylic acids is 1. The third-order valence-electron chi connectivity index (χ3n) is 3.93. The normalized spacial score (nSPS) is 15.1. The summed E-state index contributed by atoms with van der Waals surface area (Å²) in [6.07, 6.45) is 3.26. The Balaban J connectivity index is 1.87. The maximum absolute atomic E-state index is 12.7. The van der Waals surface area contributed by atoms with Crippen molar-refractivity contribution >= 4 is 35.1 Å². The molecule has 1 aliphatic carbocycles. The second kappa shape index (κ2) is 6.45. The maximum Gasteiger partial charge on any atom is 0.326 e. The van der Waals surface area contributed by atoms with Crippen molar-refractivity contribution in [2.45, 2.75) is 31.8 Å². The van der Waals surface area contributed by atoms with Crippen LogP contribution in [0.25, 0.3) is 5.69 Å². The smallest absolute Gasteiger partial charge is 0.326 e. The van der Waals surface area contributed by atoms with Gasteiger partial charge in [-0.25, -0.2) is 9.48 Å². The minimum atomic E-state index is -1.03. The molecule has 1 aromatic heterocycles. The fourth-order valence-electron chi connectivity index (χ4n) is 2.47. The van der Waals surface area contributed by atoms with Crippen molar-refractivity contribution < 1.29 is 14.7 Å². The Bertz CT molecular complexity index is 802. The molecule has 0 saturated heterocycles. The van der Waals surface area contributed by atoms with Crippen LogP contribution in [0.4, 0.5) is 0 Å². The number of carboxylic acids is 1. The van der Waals surface area contributed by atoms with Crippen molar-refractivity contribution in [1.82, 2.24) is 14.7 Å². The lowest BCUT2D eigenvalue weighted by Gasteiger charge is -2.25. The summed E-state index contributed by atoms with van der Waals surface area (Å²) >= 11 is 11.9. The van der Waals surface area contributed by atoms with Crippen LogP contribution in [0.2, 0.25) is 10.0 Å². The summed E-state index contributed by atoms with van der Waals surface area (Å²) in [5.41, 5.74) is 0.855. The Labute approximate surface area is 148 Å². The van der Waals surface area contributed by atoms with E-state index in [9.17, 15) is 14.7 Å². The molecule has 126 valence electrons. The molecule has 1 aromatic carbocycles. The first-order chi connectivity index (χ1) is 11.4. The summed E-state index contributed by atoms with van der Waals surface area (Å²) in [5.74, 6) is -1.41.